The van der Waals surface area contributed by atoms with E-state index in [-0.39, 0.29) is 48.5 Å². The maximum absolute atomic E-state index is 12.4. The lowest BCUT2D eigenvalue weighted by Crippen LogP contribution is -2.37. The van der Waals surface area contributed by atoms with Crippen molar-refractivity contribution in [2.75, 3.05) is 18.1 Å². The van der Waals surface area contributed by atoms with Gasteiger partial charge in [0, 0.05) is 10.5 Å². The highest BCUT2D eigenvalue weighted by Gasteiger charge is 2.16. The smallest absolute Gasteiger partial charge is 0.326 e. The van der Waals surface area contributed by atoms with E-state index in [4.69, 9.17) is 4.74 Å². The van der Waals surface area contributed by atoms with Gasteiger partial charge >= 0.3 is 5.97 Å². The van der Waals surface area contributed by atoms with Crippen molar-refractivity contribution in [1.82, 2.24) is 9.88 Å². The highest BCUT2D eigenvalue weighted by molar-refractivity contribution is 9.10. The Labute approximate surface area is 197 Å². The highest BCUT2D eigenvalue weighted by Crippen LogP contribution is 2.22. The van der Waals surface area contributed by atoms with Crippen LogP contribution in [0.3, 0.4) is 0 Å². The minimum absolute atomic E-state index is 0.0154. The zero-order valence-electron chi connectivity index (χ0n) is 17.4. The van der Waals surface area contributed by atoms with Crippen molar-refractivity contribution < 1.29 is 19.1 Å². The molecule has 0 radical (unpaired) electrons. The number of rotatable bonds is 8. The molecular formula is C21H26BrN3O4S2. The number of nitrogens with one attached hydrogen (secondary N) is 1. The predicted octanol–water partition coefficient (Wildman–Crippen LogP) is 3.64. The van der Waals surface area contributed by atoms with Gasteiger partial charge in [-0.2, -0.15) is 4.99 Å². The molecule has 0 aliphatic heterocycles. The van der Waals surface area contributed by atoms with Crippen molar-refractivity contribution in [3.63, 3.8) is 0 Å². The van der Waals surface area contributed by atoms with Gasteiger partial charge in [0.1, 0.15) is 6.54 Å². The van der Waals surface area contributed by atoms with E-state index in [9.17, 15) is 14.4 Å². The number of amides is 2. The molecule has 1 aliphatic rings. The summed E-state index contributed by atoms with van der Waals surface area (Å²) in [5.74, 6) is -0.407. The van der Waals surface area contributed by atoms with Crippen molar-refractivity contribution in [2.24, 2.45) is 4.99 Å². The maximum atomic E-state index is 12.4. The second kappa shape index (κ2) is 11.8. The molecule has 0 unspecified atom stereocenters. The molecule has 0 saturated heterocycles. The number of nitrogens with zero attached hydrogens (tertiary/aromatic N) is 2. The number of esters is 1. The normalized spacial score (nSPS) is 15.2. The van der Waals surface area contributed by atoms with Crippen molar-refractivity contribution in [3.8, 4) is 0 Å². The summed E-state index contributed by atoms with van der Waals surface area (Å²) in [6.45, 7) is 2.03. The molecule has 0 atom stereocenters. The summed E-state index contributed by atoms with van der Waals surface area (Å²) in [5, 5.41) is 3.05. The molecule has 1 aromatic carbocycles. The first kappa shape index (κ1) is 24.0. The number of aromatic nitrogens is 1. The molecule has 1 N–H and O–H groups in total. The van der Waals surface area contributed by atoms with Crippen LogP contribution in [0, 0.1) is 0 Å². The number of thiazole rings is 1. The highest BCUT2D eigenvalue weighted by atomic mass is 79.9. The third-order valence-electron chi connectivity index (χ3n) is 4.89. The number of halogens is 1. The Morgan fingerprint density at radius 2 is 2.03 bits per heavy atom. The topological polar surface area (TPSA) is 89.8 Å². The zero-order chi connectivity index (χ0) is 22.2. The first-order chi connectivity index (χ1) is 15.0. The van der Waals surface area contributed by atoms with Crippen molar-refractivity contribution >= 4 is 67.0 Å². The van der Waals surface area contributed by atoms with E-state index in [2.05, 4.69) is 26.2 Å². The fraction of sp³-hybridized carbons (Fsp3) is 0.524. The van der Waals surface area contributed by atoms with Crippen LogP contribution in [0.2, 0.25) is 0 Å². The second-order valence-electron chi connectivity index (χ2n) is 7.29. The van der Waals surface area contributed by atoms with Gasteiger partial charge in [-0.3, -0.25) is 14.4 Å². The molecule has 0 bridgehead atoms. The molecule has 7 nitrogen and oxygen atoms in total. The SMILES string of the molecule is CCOC(=O)Cn1c(=NC(=O)CSCC(=O)NC2CCCCC2)sc2cc(Br)ccc21. The molecule has 1 fully saturated rings. The van der Waals surface area contributed by atoms with E-state index in [0.29, 0.717) is 4.80 Å². The number of fused-ring (bicyclic) bond motifs is 1. The van der Waals surface area contributed by atoms with E-state index >= 15 is 0 Å². The third-order valence-corrected chi connectivity index (χ3v) is 7.34. The van der Waals surface area contributed by atoms with Crippen molar-refractivity contribution in [2.45, 2.75) is 51.6 Å². The van der Waals surface area contributed by atoms with Gasteiger partial charge in [0.05, 0.1) is 28.3 Å². The Morgan fingerprint density at radius 1 is 1.26 bits per heavy atom. The summed E-state index contributed by atoms with van der Waals surface area (Å²) in [5.41, 5.74) is 0.812. The molecule has 1 aromatic heterocycles. The molecule has 3 rings (SSSR count). The molecule has 31 heavy (non-hydrogen) atoms. The molecule has 0 spiro atoms. The fourth-order valence-electron chi connectivity index (χ4n) is 3.51. The molecule has 168 valence electrons. The number of ether oxygens (including phenoxy) is 1. The van der Waals surface area contributed by atoms with Crippen LogP contribution in [0.5, 0.6) is 0 Å². The first-order valence-electron chi connectivity index (χ1n) is 10.4. The lowest BCUT2D eigenvalue weighted by atomic mass is 9.95. The van der Waals surface area contributed by atoms with Gasteiger partial charge in [0.25, 0.3) is 5.91 Å². The van der Waals surface area contributed by atoms with Crippen LogP contribution in [0.25, 0.3) is 10.2 Å². The monoisotopic (exact) mass is 527 g/mol. The zero-order valence-corrected chi connectivity index (χ0v) is 20.6. The number of hydrogen-bond donors (Lipinski definition) is 1. The quantitative estimate of drug-likeness (QED) is 0.529. The van der Waals surface area contributed by atoms with Gasteiger partial charge in [-0.25, -0.2) is 0 Å². The minimum atomic E-state index is -0.382. The molecule has 1 aliphatic carbocycles. The van der Waals surface area contributed by atoms with E-state index in [1.165, 1.54) is 29.5 Å². The second-order valence-corrected chi connectivity index (χ2v) is 10.2. The third kappa shape index (κ3) is 7.18. The Balaban J connectivity index is 1.65. The Morgan fingerprint density at radius 3 is 2.77 bits per heavy atom. The molecule has 1 saturated carbocycles. The van der Waals surface area contributed by atoms with E-state index in [0.717, 1.165) is 40.4 Å². The standard InChI is InChI=1S/C21H26BrN3O4S2/c1-2-29-20(28)11-25-16-9-8-14(22)10-17(16)31-21(25)24-19(27)13-30-12-18(26)23-15-6-4-3-5-7-15/h8-10,15H,2-7,11-13H2,1H3,(H,23,26). The maximum Gasteiger partial charge on any atom is 0.326 e. The lowest BCUT2D eigenvalue weighted by molar-refractivity contribution is -0.143. The van der Waals surface area contributed by atoms with Crippen molar-refractivity contribution in [1.29, 1.82) is 0 Å². The van der Waals surface area contributed by atoms with Gasteiger partial charge in [0.2, 0.25) is 5.91 Å². The summed E-state index contributed by atoms with van der Waals surface area (Å²) >= 11 is 6.04. The fourth-order valence-corrected chi connectivity index (χ4v) is 5.72. The lowest BCUT2D eigenvalue weighted by Gasteiger charge is -2.22. The largest absolute Gasteiger partial charge is 0.465 e. The summed E-state index contributed by atoms with van der Waals surface area (Å²) in [7, 11) is 0. The average Bonchev–Trinajstić information content (AvgIpc) is 3.04. The van der Waals surface area contributed by atoms with Crippen LogP contribution in [0.1, 0.15) is 39.0 Å². The van der Waals surface area contributed by atoms with Gasteiger partial charge in [-0.1, -0.05) is 46.5 Å². The van der Waals surface area contributed by atoms with Gasteiger partial charge < -0.3 is 14.6 Å². The average molecular weight is 528 g/mol. The van der Waals surface area contributed by atoms with Gasteiger partial charge in [-0.15, -0.1) is 11.8 Å². The minimum Gasteiger partial charge on any atom is -0.465 e. The van der Waals surface area contributed by atoms with E-state index in [1.807, 2.05) is 18.2 Å². The molecular weight excluding hydrogens is 502 g/mol. The number of thioether (sulfide) groups is 1. The Bertz CT molecular complexity index is 1010. The number of carbonyl (C=O) groups is 3. The van der Waals surface area contributed by atoms with Crippen LogP contribution in [0.4, 0.5) is 0 Å². The number of carbonyl (C=O) groups excluding carboxylic acids is 3. The molecule has 1 heterocycles. The molecule has 2 aromatic rings. The van der Waals surface area contributed by atoms with E-state index < -0.39 is 0 Å². The first-order valence-corrected chi connectivity index (χ1v) is 13.1. The van der Waals surface area contributed by atoms with Crippen LogP contribution in [-0.4, -0.2) is 46.5 Å². The number of hydrogen-bond acceptors (Lipinski definition) is 6. The van der Waals surface area contributed by atoms with E-state index in [1.54, 1.807) is 11.5 Å². The van der Waals surface area contributed by atoms with Crippen LogP contribution in [-0.2, 0) is 25.7 Å². The van der Waals surface area contributed by atoms with Gasteiger partial charge in [0.15, 0.2) is 4.80 Å². The van der Waals surface area contributed by atoms with Crippen LogP contribution >= 0.6 is 39.0 Å². The van der Waals surface area contributed by atoms with Crippen molar-refractivity contribution in [3.05, 3.63) is 27.5 Å². The summed E-state index contributed by atoms with van der Waals surface area (Å²) in [6.07, 6.45) is 5.63. The summed E-state index contributed by atoms with van der Waals surface area (Å²) in [6, 6.07) is 5.95. The molecule has 2 amide bonds. The van der Waals surface area contributed by atoms with Crippen LogP contribution < -0.4 is 10.1 Å². The van der Waals surface area contributed by atoms with Gasteiger partial charge in [-0.05, 0) is 38.0 Å². The summed E-state index contributed by atoms with van der Waals surface area (Å²) < 4.78 is 8.57. The molecule has 10 heteroatoms. The van der Waals surface area contributed by atoms with Crippen LogP contribution in [0.15, 0.2) is 27.7 Å². The number of benzene rings is 1. The summed E-state index contributed by atoms with van der Waals surface area (Å²) in [4.78, 5) is 41.3. The Kier molecular flexibility index (Phi) is 9.15. The predicted molar refractivity (Wildman–Crippen MR) is 127 cm³/mol. The Hall–Kier alpha value is -1.65.